The van der Waals surface area contributed by atoms with E-state index in [9.17, 15) is 13.2 Å². The van der Waals surface area contributed by atoms with Gasteiger partial charge in [-0.2, -0.15) is 0 Å². The van der Waals surface area contributed by atoms with Gasteiger partial charge in [0.2, 0.25) is 5.91 Å². The Balaban J connectivity index is 1.50. The molecule has 176 valence electrons. The van der Waals surface area contributed by atoms with Crippen molar-refractivity contribution >= 4 is 42.4 Å². The average molecular weight is 494 g/mol. The third kappa shape index (κ3) is 6.07. The number of carbonyl (C=O) groups excluding carboxylic acids is 1. The maximum Gasteiger partial charge on any atom is 0.229 e. The molecule has 0 aliphatic carbocycles. The Bertz CT molecular complexity index is 1350. The van der Waals surface area contributed by atoms with Crippen molar-refractivity contribution in [3.8, 4) is 0 Å². The molecule has 0 atom stereocenters. The summed E-state index contributed by atoms with van der Waals surface area (Å²) in [5.41, 5.74) is 4.68. The Hall–Kier alpha value is -3.10. The van der Waals surface area contributed by atoms with Gasteiger partial charge < -0.3 is 0 Å². The number of aryl methyl sites for hydroxylation is 2. The highest BCUT2D eigenvalue weighted by Gasteiger charge is 2.22. The minimum atomic E-state index is -3.31. The fraction of sp³-hybridized carbons (Fsp3) is 0.269. The summed E-state index contributed by atoms with van der Waals surface area (Å²) in [4.78, 5) is 24.0. The average Bonchev–Trinajstić information content (AvgIpc) is 3.20. The van der Waals surface area contributed by atoms with Crippen molar-refractivity contribution in [3.05, 3.63) is 89.2 Å². The number of hydrogen-bond acceptors (Lipinski definition) is 6. The Kier molecular flexibility index (Phi) is 7.38. The molecule has 34 heavy (non-hydrogen) atoms. The van der Waals surface area contributed by atoms with Crippen molar-refractivity contribution in [2.75, 3.05) is 10.7 Å². The molecule has 0 unspecified atom stereocenters. The lowest BCUT2D eigenvalue weighted by Crippen LogP contribution is -2.31. The Labute approximate surface area is 204 Å². The summed E-state index contributed by atoms with van der Waals surface area (Å²) < 4.78 is 26.1. The van der Waals surface area contributed by atoms with Gasteiger partial charge in [0, 0.05) is 12.6 Å². The van der Waals surface area contributed by atoms with Gasteiger partial charge in [0.1, 0.15) is 0 Å². The highest BCUT2D eigenvalue weighted by Crippen LogP contribution is 2.32. The zero-order chi connectivity index (χ0) is 24.1. The second-order valence-electron chi connectivity index (χ2n) is 8.38. The van der Waals surface area contributed by atoms with Gasteiger partial charge in [-0.25, -0.2) is 13.4 Å². The number of nitrogens with zero attached hydrogens (tertiary/aromatic N) is 3. The van der Waals surface area contributed by atoms with Crippen molar-refractivity contribution in [2.24, 2.45) is 0 Å². The lowest BCUT2D eigenvalue weighted by Gasteiger charge is -2.19. The summed E-state index contributed by atoms with van der Waals surface area (Å²) >= 11 is 1.46. The van der Waals surface area contributed by atoms with Crippen LogP contribution in [0.3, 0.4) is 0 Å². The molecule has 0 aliphatic rings. The zero-order valence-electron chi connectivity index (χ0n) is 19.3. The first-order valence-corrected chi connectivity index (χ1v) is 13.8. The summed E-state index contributed by atoms with van der Waals surface area (Å²) in [5, 5.41) is 0.600. The van der Waals surface area contributed by atoms with Gasteiger partial charge in [0.05, 0.1) is 34.0 Å². The highest BCUT2D eigenvalue weighted by molar-refractivity contribution is 7.90. The van der Waals surface area contributed by atoms with Crippen molar-refractivity contribution in [3.63, 3.8) is 0 Å². The molecule has 0 saturated carbocycles. The minimum Gasteiger partial charge on any atom is -0.282 e. The zero-order valence-corrected chi connectivity index (χ0v) is 20.9. The standard InChI is InChI=1S/C26H27N3O3S2/c1-19-15-23-24(16-20(19)2)33-26(28-23)29(17-22-11-6-7-13-27-22)25(30)12-8-14-34(31,32)18-21-9-4-3-5-10-21/h3-7,9-11,13,15-16H,8,12,14,17-18H2,1-2H3. The third-order valence-electron chi connectivity index (χ3n) is 5.65. The summed E-state index contributed by atoms with van der Waals surface area (Å²) in [6.07, 6.45) is 2.07. The van der Waals surface area contributed by atoms with Gasteiger partial charge >= 0.3 is 0 Å². The molecule has 0 N–H and O–H groups in total. The van der Waals surface area contributed by atoms with Crippen LogP contribution in [0, 0.1) is 13.8 Å². The van der Waals surface area contributed by atoms with E-state index in [2.05, 4.69) is 18.0 Å². The number of carbonyl (C=O) groups is 1. The number of thiazole rings is 1. The van der Waals surface area contributed by atoms with Gasteiger partial charge in [0.25, 0.3) is 0 Å². The molecule has 2 aromatic heterocycles. The molecule has 2 heterocycles. The summed E-state index contributed by atoms with van der Waals surface area (Å²) in [7, 11) is -3.31. The van der Waals surface area contributed by atoms with Crippen LogP contribution in [0.15, 0.2) is 66.9 Å². The Morgan fingerprint density at radius 3 is 2.47 bits per heavy atom. The van der Waals surface area contributed by atoms with Crippen molar-refractivity contribution < 1.29 is 13.2 Å². The maximum absolute atomic E-state index is 13.3. The number of amides is 1. The normalized spacial score (nSPS) is 11.6. The van der Waals surface area contributed by atoms with Crippen molar-refractivity contribution in [1.29, 1.82) is 0 Å². The Morgan fingerprint density at radius 1 is 1.00 bits per heavy atom. The second kappa shape index (κ2) is 10.4. The van der Waals surface area contributed by atoms with E-state index in [1.165, 1.54) is 16.9 Å². The number of benzene rings is 2. The molecule has 6 nitrogen and oxygen atoms in total. The number of pyridine rings is 1. The van der Waals surface area contributed by atoms with E-state index >= 15 is 0 Å². The van der Waals surface area contributed by atoms with E-state index < -0.39 is 9.84 Å². The van der Waals surface area contributed by atoms with Crippen LogP contribution in [0.1, 0.15) is 35.2 Å². The number of rotatable bonds is 9. The minimum absolute atomic E-state index is 0.0176. The molecular formula is C26H27N3O3S2. The van der Waals surface area contributed by atoms with E-state index in [-0.39, 0.29) is 36.8 Å². The number of aromatic nitrogens is 2. The van der Waals surface area contributed by atoms with Crippen LogP contribution in [0.25, 0.3) is 10.2 Å². The molecule has 0 bridgehead atoms. The van der Waals surface area contributed by atoms with Gasteiger partial charge in [-0.05, 0) is 61.2 Å². The predicted molar refractivity (Wildman–Crippen MR) is 138 cm³/mol. The number of hydrogen-bond donors (Lipinski definition) is 0. The molecule has 4 rings (SSSR count). The van der Waals surface area contributed by atoms with Crippen LogP contribution < -0.4 is 4.90 Å². The topological polar surface area (TPSA) is 80.2 Å². The maximum atomic E-state index is 13.3. The smallest absolute Gasteiger partial charge is 0.229 e. The van der Waals surface area contributed by atoms with Crippen molar-refractivity contribution in [2.45, 2.75) is 39.0 Å². The largest absolute Gasteiger partial charge is 0.282 e. The van der Waals surface area contributed by atoms with E-state index in [0.29, 0.717) is 5.13 Å². The molecular weight excluding hydrogens is 466 g/mol. The third-order valence-corrected chi connectivity index (χ3v) is 8.37. The molecule has 0 fully saturated rings. The number of sulfone groups is 1. The first kappa shape index (κ1) is 24.0. The molecule has 0 spiro atoms. The molecule has 0 saturated heterocycles. The lowest BCUT2D eigenvalue weighted by atomic mass is 10.1. The fourth-order valence-corrected chi connectivity index (χ4v) is 6.17. The van der Waals surface area contributed by atoms with Crippen LogP contribution in [-0.4, -0.2) is 30.0 Å². The van der Waals surface area contributed by atoms with Crippen molar-refractivity contribution in [1.82, 2.24) is 9.97 Å². The summed E-state index contributed by atoms with van der Waals surface area (Å²) in [6, 6.07) is 18.8. The van der Waals surface area contributed by atoms with E-state index in [4.69, 9.17) is 4.98 Å². The molecule has 0 radical (unpaired) electrons. The SMILES string of the molecule is Cc1cc2nc(N(Cc3ccccn3)C(=O)CCCS(=O)(=O)Cc3ccccc3)sc2cc1C. The number of fused-ring (bicyclic) bond motifs is 1. The molecule has 8 heteroatoms. The quantitative estimate of drug-likeness (QED) is 0.319. The van der Waals surface area contributed by atoms with Gasteiger partial charge in [0.15, 0.2) is 15.0 Å². The van der Waals surface area contributed by atoms with E-state index in [1.807, 2.05) is 49.4 Å². The molecule has 1 amide bonds. The number of anilines is 1. The molecule has 2 aromatic carbocycles. The van der Waals surface area contributed by atoms with Gasteiger partial charge in [-0.15, -0.1) is 0 Å². The highest BCUT2D eigenvalue weighted by atomic mass is 32.2. The Morgan fingerprint density at radius 2 is 1.74 bits per heavy atom. The first-order chi connectivity index (χ1) is 16.3. The van der Waals surface area contributed by atoms with E-state index in [0.717, 1.165) is 27.0 Å². The van der Waals surface area contributed by atoms with Crippen LogP contribution in [0.5, 0.6) is 0 Å². The molecule has 4 aromatic rings. The van der Waals surface area contributed by atoms with Crippen LogP contribution in [0.2, 0.25) is 0 Å². The second-order valence-corrected chi connectivity index (χ2v) is 11.6. The molecule has 0 aliphatic heterocycles. The monoisotopic (exact) mass is 493 g/mol. The predicted octanol–water partition coefficient (Wildman–Crippen LogP) is 5.24. The van der Waals surface area contributed by atoms with Crippen LogP contribution >= 0.6 is 11.3 Å². The van der Waals surface area contributed by atoms with Gasteiger partial charge in [-0.1, -0.05) is 47.7 Å². The fourth-order valence-electron chi connectivity index (χ4n) is 3.68. The van der Waals surface area contributed by atoms with Crippen LogP contribution in [-0.2, 0) is 26.9 Å². The lowest BCUT2D eigenvalue weighted by molar-refractivity contribution is -0.118. The first-order valence-electron chi connectivity index (χ1n) is 11.1. The van der Waals surface area contributed by atoms with Crippen LogP contribution in [0.4, 0.5) is 5.13 Å². The van der Waals surface area contributed by atoms with E-state index in [1.54, 1.807) is 23.2 Å². The van der Waals surface area contributed by atoms with Gasteiger partial charge in [-0.3, -0.25) is 14.7 Å². The summed E-state index contributed by atoms with van der Waals surface area (Å²) in [6.45, 7) is 4.38. The summed E-state index contributed by atoms with van der Waals surface area (Å²) in [5.74, 6) is -0.215.